The molecule has 2 aromatic heterocycles. The molecule has 15 heteroatoms. The molecule has 0 saturated carbocycles. The Morgan fingerprint density at radius 2 is 1.29 bits per heavy atom. The Labute approximate surface area is 417 Å². The third-order valence-corrected chi connectivity index (χ3v) is 14.1. The molecule has 0 spiro atoms. The van der Waals surface area contributed by atoms with Gasteiger partial charge < -0.3 is 34.1 Å². The van der Waals surface area contributed by atoms with E-state index in [1.807, 2.05) is 79.0 Å². The average Bonchev–Trinajstić information content (AvgIpc) is 4.14. The zero-order valence-electron chi connectivity index (χ0n) is 40.3. The first kappa shape index (κ1) is 49.6. The van der Waals surface area contributed by atoms with Gasteiger partial charge in [0.1, 0.15) is 21.5 Å². The van der Waals surface area contributed by atoms with Gasteiger partial charge in [-0.1, -0.05) is 92.7 Å². The number of fused-ring (bicyclic) bond motifs is 1. The van der Waals surface area contributed by atoms with Gasteiger partial charge in [-0.3, -0.25) is 14.6 Å². The molecular formula is C55H59N5O8S2. The molecule has 0 bridgehead atoms. The van der Waals surface area contributed by atoms with Crippen molar-refractivity contribution >= 4 is 34.6 Å². The number of methoxy groups -OCH3 is 3. The number of carbonyl (C=O) groups is 2. The summed E-state index contributed by atoms with van der Waals surface area (Å²) in [5.41, 5.74) is 6.80. The predicted molar refractivity (Wildman–Crippen MR) is 272 cm³/mol. The number of thiazole rings is 2. The van der Waals surface area contributed by atoms with Crippen molar-refractivity contribution in [3.63, 3.8) is 0 Å². The number of ether oxygens (including phenoxy) is 5. The van der Waals surface area contributed by atoms with Crippen molar-refractivity contribution in [1.29, 1.82) is 0 Å². The second-order valence-corrected chi connectivity index (χ2v) is 19.9. The summed E-state index contributed by atoms with van der Waals surface area (Å²) >= 11 is 2.84. The first-order valence-electron chi connectivity index (χ1n) is 23.2. The van der Waals surface area contributed by atoms with E-state index in [0.29, 0.717) is 74.4 Å². The van der Waals surface area contributed by atoms with Crippen molar-refractivity contribution in [1.82, 2.24) is 25.1 Å². The first-order valence-corrected chi connectivity index (χ1v) is 24.9. The van der Waals surface area contributed by atoms with Gasteiger partial charge >= 0.3 is 5.97 Å². The van der Waals surface area contributed by atoms with Crippen LogP contribution in [0.3, 0.4) is 0 Å². The highest BCUT2D eigenvalue weighted by Gasteiger charge is 2.33. The van der Waals surface area contributed by atoms with Crippen molar-refractivity contribution in [2.45, 2.75) is 84.1 Å². The molecule has 0 saturated heterocycles. The molecule has 70 heavy (non-hydrogen) atoms. The number of carboxylic acids is 1. The zero-order chi connectivity index (χ0) is 49.2. The third-order valence-electron chi connectivity index (χ3n) is 12.4. The van der Waals surface area contributed by atoms with Crippen LogP contribution < -0.4 is 29.0 Å². The Morgan fingerprint density at radius 1 is 0.686 bits per heavy atom. The Kier molecular flexibility index (Phi) is 16.1. The van der Waals surface area contributed by atoms with Gasteiger partial charge in [-0.05, 0) is 88.5 Å². The fraction of sp³-hybridized carbons (Fsp3) is 0.309. The van der Waals surface area contributed by atoms with E-state index in [-0.39, 0.29) is 23.1 Å². The van der Waals surface area contributed by atoms with E-state index >= 15 is 0 Å². The Hall–Kier alpha value is -6.78. The normalized spacial score (nSPS) is 13.6. The van der Waals surface area contributed by atoms with Gasteiger partial charge in [-0.25, -0.2) is 14.8 Å². The fourth-order valence-electron chi connectivity index (χ4n) is 8.49. The molecule has 0 radical (unpaired) electrons. The number of hydrogen-bond donors (Lipinski definition) is 2. The lowest BCUT2D eigenvalue weighted by atomic mass is 9.81. The number of amides is 1. The SMILES string of the molecule is COc1ccc(CN(Cc2ccc3c(c2)OC(CC(C)(C)c2ccc(CN(CCc4ccc(OC)c(OC)c4)Cc4nc(C(=O)O)cs4)cc2)O3)Cc2nc(C(=O)NC(C)c3ccccc3)cs2)cc1. The monoisotopic (exact) mass is 981 g/mol. The number of rotatable bonds is 23. The Morgan fingerprint density at radius 3 is 1.96 bits per heavy atom. The van der Waals surface area contributed by atoms with Gasteiger partial charge in [0.2, 0.25) is 6.29 Å². The van der Waals surface area contributed by atoms with E-state index in [1.54, 1.807) is 26.7 Å². The Bertz CT molecular complexity index is 2850. The Balaban J connectivity index is 0.903. The smallest absolute Gasteiger partial charge is 0.355 e. The van der Waals surface area contributed by atoms with E-state index in [2.05, 4.69) is 82.5 Å². The molecule has 364 valence electrons. The number of carbonyl (C=O) groups excluding carboxylic acids is 1. The van der Waals surface area contributed by atoms with E-state index in [9.17, 15) is 14.7 Å². The minimum absolute atomic E-state index is 0.0630. The van der Waals surface area contributed by atoms with Crippen molar-refractivity contribution in [2.75, 3.05) is 27.9 Å². The van der Waals surface area contributed by atoms with Gasteiger partial charge in [0.15, 0.2) is 28.7 Å². The fourth-order valence-corrected chi connectivity index (χ4v) is 10.1. The molecule has 2 N–H and O–H groups in total. The summed E-state index contributed by atoms with van der Waals surface area (Å²) in [5, 5.41) is 17.6. The molecule has 2 unspecified atom stereocenters. The molecule has 7 aromatic rings. The van der Waals surface area contributed by atoms with Gasteiger partial charge in [0, 0.05) is 43.4 Å². The van der Waals surface area contributed by atoms with Crippen molar-refractivity contribution in [3.8, 4) is 28.7 Å². The molecule has 1 amide bonds. The van der Waals surface area contributed by atoms with Crippen LogP contribution in [0.5, 0.6) is 28.7 Å². The zero-order valence-corrected chi connectivity index (χ0v) is 42.0. The van der Waals surface area contributed by atoms with E-state index in [1.165, 1.54) is 22.7 Å². The minimum atomic E-state index is -1.03. The highest BCUT2D eigenvalue weighted by Crippen LogP contribution is 2.40. The van der Waals surface area contributed by atoms with Gasteiger partial charge in [0.25, 0.3) is 5.91 Å². The standard InChI is InChI=1S/C55H59N5O8S2/c1-36(41-10-8-7-9-11-41)56-53(61)44-34-69-51(57-44)33-60(30-39-14-20-43(64-4)21-15-39)31-40-17-23-47-49(27-40)68-52(67-47)28-55(2,3)42-18-12-38(13-19-42)29-59(32-50-58-45(35-70-50)54(62)63)25-24-37-16-22-46(65-5)48(26-37)66-6/h7-23,26-27,34-36,52H,24-25,28-33H2,1-6H3,(H,56,61)(H,62,63). The number of nitrogens with zero attached hydrogens (tertiary/aromatic N) is 4. The lowest BCUT2D eigenvalue weighted by Gasteiger charge is -2.28. The largest absolute Gasteiger partial charge is 0.497 e. The van der Waals surface area contributed by atoms with Crippen LogP contribution in [0.25, 0.3) is 0 Å². The molecule has 0 aliphatic carbocycles. The van der Waals surface area contributed by atoms with Gasteiger partial charge in [0.05, 0.1) is 40.5 Å². The predicted octanol–water partition coefficient (Wildman–Crippen LogP) is 10.7. The highest BCUT2D eigenvalue weighted by atomic mass is 32.1. The van der Waals surface area contributed by atoms with Crippen molar-refractivity contribution in [3.05, 3.63) is 181 Å². The van der Waals surface area contributed by atoms with Crippen LogP contribution >= 0.6 is 22.7 Å². The number of hydrogen-bond acceptors (Lipinski definition) is 13. The topological polar surface area (TPSA) is 145 Å². The van der Waals surface area contributed by atoms with Crippen LogP contribution in [-0.2, 0) is 44.6 Å². The van der Waals surface area contributed by atoms with Crippen LogP contribution in [0.1, 0.15) is 97.6 Å². The summed E-state index contributed by atoms with van der Waals surface area (Å²) < 4.78 is 29.3. The van der Waals surface area contributed by atoms with E-state index in [4.69, 9.17) is 28.7 Å². The second-order valence-electron chi connectivity index (χ2n) is 18.0. The maximum absolute atomic E-state index is 13.2. The number of carboxylic acid groups (broad SMARTS) is 1. The van der Waals surface area contributed by atoms with Gasteiger partial charge in [-0.2, -0.15) is 0 Å². The lowest BCUT2D eigenvalue weighted by molar-refractivity contribution is 0.0248. The van der Waals surface area contributed by atoms with Crippen LogP contribution in [0.2, 0.25) is 0 Å². The summed E-state index contributed by atoms with van der Waals surface area (Å²) in [5.74, 6) is 2.35. The lowest BCUT2D eigenvalue weighted by Crippen LogP contribution is -2.30. The number of aromatic carboxylic acids is 1. The number of aromatic nitrogens is 2. The van der Waals surface area contributed by atoms with Crippen LogP contribution in [-0.4, -0.2) is 70.9 Å². The second kappa shape index (κ2) is 22.8. The highest BCUT2D eigenvalue weighted by molar-refractivity contribution is 7.10. The van der Waals surface area contributed by atoms with Crippen LogP contribution in [0, 0.1) is 0 Å². The minimum Gasteiger partial charge on any atom is -0.497 e. The van der Waals surface area contributed by atoms with Crippen LogP contribution in [0.15, 0.2) is 126 Å². The molecule has 13 nitrogen and oxygen atoms in total. The van der Waals surface area contributed by atoms with Crippen molar-refractivity contribution < 1.29 is 38.4 Å². The summed E-state index contributed by atoms with van der Waals surface area (Å²) in [6.45, 7) is 10.1. The summed E-state index contributed by atoms with van der Waals surface area (Å²) in [6.07, 6.45) is 0.901. The van der Waals surface area contributed by atoms with Crippen LogP contribution in [0.4, 0.5) is 0 Å². The number of benzene rings is 5. The molecule has 1 aliphatic rings. The summed E-state index contributed by atoms with van der Waals surface area (Å²) in [7, 11) is 4.92. The average molecular weight is 982 g/mol. The maximum Gasteiger partial charge on any atom is 0.355 e. The summed E-state index contributed by atoms with van der Waals surface area (Å²) in [6, 6.07) is 38.6. The molecule has 1 aliphatic heterocycles. The maximum atomic E-state index is 13.2. The summed E-state index contributed by atoms with van der Waals surface area (Å²) in [4.78, 5) is 38.6. The molecular weight excluding hydrogens is 923 g/mol. The first-order chi connectivity index (χ1) is 33.8. The molecule has 5 aromatic carbocycles. The molecule has 8 rings (SSSR count). The van der Waals surface area contributed by atoms with E-state index in [0.717, 1.165) is 55.6 Å². The molecule has 2 atom stereocenters. The third kappa shape index (κ3) is 12.9. The van der Waals surface area contributed by atoms with Crippen molar-refractivity contribution in [2.24, 2.45) is 0 Å². The molecule has 0 fully saturated rings. The van der Waals surface area contributed by atoms with Gasteiger partial charge in [-0.15, -0.1) is 22.7 Å². The van der Waals surface area contributed by atoms with E-state index < -0.39 is 12.3 Å². The quantitative estimate of drug-likeness (QED) is 0.0629. The molecule has 3 heterocycles. The number of nitrogens with one attached hydrogen (secondary N) is 1.